The second-order valence-corrected chi connectivity index (χ2v) is 11.8. The number of nitrogens with zero attached hydrogens (tertiary/aromatic N) is 2. The van der Waals surface area contributed by atoms with E-state index < -0.39 is 51.7 Å². The van der Waals surface area contributed by atoms with Crippen molar-refractivity contribution in [2.75, 3.05) is 20.1 Å². The van der Waals surface area contributed by atoms with Crippen LogP contribution >= 0.6 is 0 Å². The van der Waals surface area contributed by atoms with Crippen molar-refractivity contribution in [3.8, 4) is 0 Å². The van der Waals surface area contributed by atoms with E-state index in [0.717, 1.165) is 20.3 Å². The first-order valence-electron chi connectivity index (χ1n) is 12.0. The number of urea groups is 1. The molecule has 0 saturated carbocycles. The summed E-state index contributed by atoms with van der Waals surface area (Å²) in [6.07, 6.45) is 8.58. The fourth-order valence-corrected chi connectivity index (χ4v) is 5.27. The van der Waals surface area contributed by atoms with E-state index in [1.807, 2.05) is 25.2 Å². The summed E-state index contributed by atoms with van der Waals surface area (Å²) < 4.78 is 72.6. The van der Waals surface area contributed by atoms with Crippen molar-refractivity contribution in [2.24, 2.45) is 0 Å². The highest BCUT2D eigenvalue weighted by molar-refractivity contribution is 7.90. The Kier molecular flexibility index (Phi) is 8.71. The number of alkyl halides is 2. The van der Waals surface area contributed by atoms with Crippen LogP contribution in [0.2, 0.25) is 0 Å². The molecule has 1 saturated heterocycles. The molecular weight excluding hydrogens is 491 g/mol. The van der Waals surface area contributed by atoms with Crippen LogP contribution in [0, 0.1) is 5.82 Å². The van der Waals surface area contributed by atoms with Crippen molar-refractivity contribution in [3.63, 3.8) is 0 Å². The number of allylic oxidation sites excluding steroid dienone is 5. The van der Waals surface area contributed by atoms with Gasteiger partial charge in [0, 0.05) is 19.2 Å². The molecule has 198 valence electrons. The largest absolute Gasteiger partial charge is 0.327 e. The quantitative estimate of drug-likeness (QED) is 0.604. The molecule has 1 N–H and O–H groups in total. The molecule has 0 aliphatic carbocycles. The van der Waals surface area contributed by atoms with Gasteiger partial charge in [-0.2, -0.15) is 0 Å². The molecule has 1 aromatic rings. The minimum Gasteiger partial charge on any atom is -0.327 e. The van der Waals surface area contributed by atoms with E-state index in [2.05, 4.69) is 4.72 Å². The summed E-state index contributed by atoms with van der Waals surface area (Å²) in [7, 11) is -3.01. The van der Waals surface area contributed by atoms with Crippen LogP contribution in [-0.2, 0) is 16.4 Å². The maximum atomic E-state index is 15.8. The molecule has 0 spiro atoms. The smallest absolute Gasteiger partial charge is 0.320 e. The van der Waals surface area contributed by atoms with Gasteiger partial charge in [0.05, 0.1) is 18.6 Å². The summed E-state index contributed by atoms with van der Waals surface area (Å²) in [6, 6.07) is 1.85. The molecule has 0 radical (unpaired) electrons. The summed E-state index contributed by atoms with van der Waals surface area (Å²) >= 11 is 0. The Balaban J connectivity index is 2.11. The van der Waals surface area contributed by atoms with Crippen LogP contribution in [0.3, 0.4) is 0 Å². The van der Waals surface area contributed by atoms with Gasteiger partial charge in [0.2, 0.25) is 15.0 Å². The van der Waals surface area contributed by atoms with E-state index in [1.54, 1.807) is 31.3 Å². The summed E-state index contributed by atoms with van der Waals surface area (Å²) in [5.41, 5.74) is 1.18. The fraction of sp³-hybridized carbons (Fsp3) is 0.500. The predicted molar refractivity (Wildman–Crippen MR) is 136 cm³/mol. The standard InChI is InChI=1S/C26H34F3N3O3S/c1-5-6-7-11-18-12-8-9-15-31(4)25(33)32-17-21(27)24(30-36(34,35)26(2,3)29)22(32)16-19-13-10-14-20(18)23(19)28/h6-8,10-14,21-22,24,30H,5,9,15-17H2,1-4H3/b7-6-,12-8+,18-11+. The normalized spacial score (nSPS) is 26.0. The Morgan fingerprint density at radius 1 is 1.28 bits per heavy atom. The highest BCUT2D eigenvalue weighted by Crippen LogP contribution is 2.31. The van der Waals surface area contributed by atoms with Crippen LogP contribution in [-0.4, -0.2) is 67.6 Å². The van der Waals surface area contributed by atoms with Gasteiger partial charge in [0.25, 0.3) is 0 Å². The zero-order valence-electron chi connectivity index (χ0n) is 21.0. The molecule has 2 bridgehead atoms. The average Bonchev–Trinajstić information content (AvgIpc) is 3.09. The number of benzene rings is 1. The number of hydrogen-bond acceptors (Lipinski definition) is 3. The summed E-state index contributed by atoms with van der Waals surface area (Å²) in [6.45, 7) is 3.63. The van der Waals surface area contributed by atoms with E-state index in [9.17, 15) is 17.6 Å². The number of nitrogens with one attached hydrogen (secondary N) is 1. The SMILES string of the molecule is CC\C=C/C=C1\C=C\CCN(C)C(=O)N2CC(F)C(NS(=O)(=O)C(C)(C)F)C2Cc2cccc1c2F. The summed E-state index contributed by atoms with van der Waals surface area (Å²) in [5.74, 6) is -0.534. The van der Waals surface area contributed by atoms with Gasteiger partial charge in [-0.05, 0) is 44.2 Å². The van der Waals surface area contributed by atoms with Crippen LogP contribution < -0.4 is 4.72 Å². The third kappa shape index (κ3) is 6.03. The third-order valence-electron chi connectivity index (χ3n) is 6.47. The number of halogens is 3. The lowest BCUT2D eigenvalue weighted by Crippen LogP contribution is -2.54. The second kappa shape index (κ2) is 11.2. The molecule has 2 amide bonds. The number of carbonyl (C=O) groups is 1. The minimum absolute atomic E-state index is 0.151. The molecule has 3 rings (SSSR count). The number of hydrogen-bond donors (Lipinski definition) is 1. The van der Waals surface area contributed by atoms with E-state index >= 15 is 8.78 Å². The molecule has 10 heteroatoms. The van der Waals surface area contributed by atoms with Gasteiger partial charge in [-0.25, -0.2) is 31.1 Å². The monoisotopic (exact) mass is 525 g/mol. The molecule has 2 aliphatic heterocycles. The first-order chi connectivity index (χ1) is 16.9. The highest BCUT2D eigenvalue weighted by atomic mass is 32.2. The molecule has 0 aromatic heterocycles. The van der Waals surface area contributed by atoms with Crippen molar-refractivity contribution in [3.05, 3.63) is 65.5 Å². The van der Waals surface area contributed by atoms with Gasteiger partial charge in [0.1, 0.15) is 12.0 Å². The van der Waals surface area contributed by atoms with Crippen molar-refractivity contribution < 1.29 is 26.4 Å². The first kappa shape index (κ1) is 28.0. The predicted octanol–water partition coefficient (Wildman–Crippen LogP) is 4.75. The van der Waals surface area contributed by atoms with Crippen molar-refractivity contribution in [2.45, 2.75) is 63.3 Å². The van der Waals surface area contributed by atoms with Crippen LogP contribution in [0.5, 0.6) is 0 Å². The highest BCUT2D eigenvalue weighted by Gasteiger charge is 2.49. The molecular formula is C26H34F3N3O3S. The van der Waals surface area contributed by atoms with Crippen LogP contribution in [0.1, 0.15) is 44.7 Å². The molecule has 3 unspecified atom stereocenters. The Morgan fingerprint density at radius 3 is 2.67 bits per heavy atom. The lowest BCUT2D eigenvalue weighted by atomic mass is 9.95. The van der Waals surface area contributed by atoms with E-state index in [1.165, 1.54) is 15.9 Å². The van der Waals surface area contributed by atoms with E-state index in [4.69, 9.17) is 0 Å². The maximum absolute atomic E-state index is 15.8. The number of sulfonamides is 1. The number of amides is 2. The molecule has 2 aliphatic rings. The van der Waals surface area contributed by atoms with Crippen LogP contribution in [0.25, 0.3) is 5.57 Å². The van der Waals surface area contributed by atoms with Crippen LogP contribution in [0.4, 0.5) is 18.0 Å². The zero-order valence-corrected chi connectivity index (χ0v) is 21.9. The van der Waals surface area contributed by atoms with E-state index in [0.29, 0.717) is 24.1 Å². The van der Waals surface area contributed by atoms with Gasteiger partial charge < -0.3 is 9.80 Å². The summed E-state index contributed by atoms with van der Waals surface area (Å²) in [4.78, 5) is 15.9. The number of rotatable bonds is 5. The molecule has 1 aromatic carbocycles. The fourth-order valence-electron chi connectivity index (χ4n) is 4.32. The Labute approximate surface area is 211 Å². The Morgan fingerprint density at radius 2 is 2.00 bits per heavy atom. The molecule has 2 heterocycles. The van der Waals surface area contributed by atoms with Crippen molar-refractivity contribution in [1.82, 2.24) is 14.5 Å². The van der Waals surface area contributed by atoms with Crippen LogP contribution in [0.15, 0.2) is 48.6 Å². The number of carbonyl (C=O) groups excluding carboxylic acids is 1. The molecule has 36 heavy (non-hydrogen) atoms. The molecule has 1 fully saturated rings. The van der Waals surface area contributed by atoms with Gasteiger partial charge >= 0.3 is 6.03 Å². The summed E-state index contributed by atoms with van der Waals surface area (Å²) in [5, 5.41) is -2.67. The number of fused-ring (bicyclic) bond motifs is 3. The van der Waals surface area contributed by atoms with Crippen molar-refractivity contribution >= 4 is 21.6 Å². The van der Waals surface area contributed by atoms with Gasteiger partial charge in [-0.1, -0.05) is 55.5 Å². The Hall–Kier alpha value is -2.59. The molecule has 6 nitrogen and oxygen atoms in total. The third-order valence-corrected chi connectivity index (χ3v) is 8.33. The molecule has 3 atom stereocenters. The zero-order chi connectivity index (χ0) is 26.7. The lowest BCUT2D eigenvalue weighted by molar-refractivity contribution is 0.154. The lowest BCUT2D eigenvalue weighted by Gasteiger charge is -2.32. The van der Waals surface area contributed by atoms with Gasteiger partial charge in [-0.3, -0.25) is 0 Å². The average molecular weight is 526 g/mol. The topological polar surface area (TPSA) is 69.7 Å². The van der Waals surface area contributed by atoms with Gasteiger partial charge in [0.15, 0.2) is 0 Å². The second-order valence-electron chi connectivity index (χ2n) is 9.58. The Bertz CT molecular complexity index is 1160. The minimum atomic E-state index is -4.58. The van der Waals surface area contributed by atoms with E-state index in [-0.39, 0.29) is 12.0 Å². The van der Waals surface area contributed by atoms with Crippen molar-refractivity contribution in [1.29, 1.82) is 0 Å². The maximum Gasteiger partial charge on any atom is 0.320 e. The van der Waals surface area contributed by atoms with Gasteiger partial charge in [-0.15, -0.1) is 0 Å². The first-order valence-corrected chi connectivity index (χ1v) is 13.5.